The maximum atomic E-state index is 11.8. The van der Waals surface area contributed by atoms with E-state index in [1.165, 1.54) is 11.8 Å². The Morgan fingerprint density at radius 1 is 1.39 bits per heavy atom. The number of hydrogen-bond donors (Lipinski definition) is 0. The van der Waals surface area contributed by atoms with E-state index in [-0.39, 0.29) is 12.4 Å². The van der Waals surface area contributed by atoms with Gasteiger partial charge in [0.2, 0.25) is 0 Å². The van der Waals surface area contributed by atoms with Crippen molar-refractivity contribution >= 4 is 34.1 Å². The van der Waals surface area contributed by atoms with Gasteiger partial charge >= 0.3 is 5.97 Å². The van der Waals surface area contributed by atoms with E-state index in [4.69, 9.17) is 17.0 Å². The lowest BCUT2D eigenvalue weighted by Crippen LogP contribution is -2.23. The van der Waals surface area contributed by atoms with Gasteiger partial charge in [-0.15, -0.1) is 0 Å². The summed E-state index contributed by atoms with van der Waals surface area (Å²) < 4.78 is 5.07. The summed E-state index contributed by atoms with van der Waals surface area (Å²) in [6.07, 6.45) is 0.615. The van der Waals surface area contributed by atoms with E-state index in [1.807, 2.05) is 49.3 Å². The van der Waals surface area contributed by atoms with Gasteiger partial charge in [-0.05, 0) is 33.0 Å². The Hall–Kier alpha value is -1.42. The van der Waals surface area contributed by atoms with Crippen LogP contribution in [0.5, 0.6) is 0 Å². The summed E-state index contributed by atoms with van der Waals surface area (Å²) in [6.45, 7) is 2.86. The van der Waals surface area contributed by atoms with E-state index in [9.17, 15) is 10.1 Å². The van der Waals surface area contributed by atoms with Crippen molar-refractivity contribution in [3.8, 4) is 6.07 Å². The van der Waals surface area contributed by atoms with Crippen LogP contribution in [-0.4, -0.2) is 47.1 Å². The van der Waals surface area contributed by atoms with Gasteiger partial charge in [0.15, 0.2) is 0 Å². The fourth-order valence-electron chi connectivity index (χ4n) is 1.72. The lowest BCUT2D eigenvalue weighted by Gasteiger charge is -2.21. The molecular formula is C17H22N2O2S2. The Morgan fingerprint density at radius 3 is 2.61 bits per heavy atom. The van der Waals surface area contributed by atoms with Crippen LogP contribution in [0.1, 0.15) is 25.3 Å². The molecule has 0 saturated heterocycles. The number of carbonyl (C=O) groups excluding carboxylic acids is 1. The first kappa shape index (κ1) is 19.6. The molecule has 4 nitrogen and oxygen atoms in total. The number of rotatable bonds is 8. The number of nitrogens with zero attached hydrogens (tertiary/aromatic N) is 2. The van der Waals surface area contributed by atoms with E-state index >= 15 is 0 Å². The second kappa shape index (κ2) is 9.66. The molecule has 0 radical (unpaired) electrons. The van der Waals surface area contributed by atoms with E-state index < -0.39 is 4.75 Å². The molecule has 0 aliphatic heterocycles. The lowest BCUT2D eigenvalue weighted by molar-refractivity contribution is -0.144. The second-order valence-corrected chi connectivity index (χ2v) is 7.80. The molecular weight excluding hydrogens is 328 g/mol. The molecule has 0 N–H and O–H groups in total. The average Bonchev–Trinajstić information content (AvgIpc) is 2.53. The van der Waals surface area contributed by atoms with Gasteiger partial charge < -0.3 is 9.64 Å². The van der Waals surface area contributed by atoms with Crippen LogP contribution in [0.15, 0.2) is 30.3 Å². The van der Waals surface area contributed by atoms with Crippen LogP contribution in [-0.2, 0) is 9.53 Å². The second-order valence-electron chi connectivity index (χ2n) is 5.62. The molecule has 0 bridgehead atoms. The molecule has 0 saturated carbocycles. The number of esters is 1. The summed E-state index contributed by atoms with van der Waals surface area (Å²) in [7, 11) is 3.84. The molecule has 1 rings (SSSR count). The molecule has 0 spiro atoms. The minimum Gasteiger partial charge on any atom is -0.464 e. The van der Waals surface area contributed by atoms with E-state index in [0.717, 1.165) is 5.56 Å². The summed E-state index contributed by atoms with van der Waals surface area (Å²) >= 11 is 6.73. The summed E-state index contributed by atoms with van der Waals surface area (Å²) in [5.74, 6) is -0.278. The number of nitriles is 1. The molecule has 23 heavy (non-hydrogen) atoms. The van der Waals surface area contributed by atoms with Gasteiger partial charge in [-0.25, -0.2) is 0 Å². The molecule has 0 amide bonds. The highest BCUT2D eigenvalue weighted by Crippen LogP contribution is 2.33. The average molecular weight is 351 g/mol. The van der Waals surface area contributed by atoms with Crippen molar-refractivity contribution in [3.63, 3.8) is 0 Å². The molecule has 0 aromatic heterocycles. The Labute approximate surface area is 147 Å². The predicted octanol–water partition coefficient (Wildman–Crippen LogP) is 3.26. The Bertz CT molecular complexity index is 570. The quantitative estimate of drug-likeness (QED) is 0.530. The van der Waals surface area contributed by atoms with Crippen molar-refractivity contribution in [2.45, 2.75) is 24.5 Å². The molecule has 124 valence electrons. The minimum absolute atomic E-state index is 0.210. The van der Waals surface area contributed by atoms with Crippen LogP contribution in [0.25, 0.3) is 0 Å². The summed E-state index contributed by atoms with van der Waals surface area (Å²) in [5, 5.41) is 9.45. The highest BCUT2D eigenvalue weighted by molar-refractivity contribution is 8.24. The van der Waals surface area contributed by atoms with E-state index in [1.54, 1.807) is 6.92 Å². The largest absolute Gasteiger partial charge is 0.464 e. The first-order valence-corrected chi connectivity index (χ1v) is 8.59. The van der Waals surface area contributed by atoms with E-state index in [2.05, 4.69) is 6.07 Å². The highest BCUT2D eigenvalue weighted by atomic mass is 32.2. The molecule has 0 aliphatic rings. The zero-order valence-electron chi connectivity index (χ0n) is 13.7. The smallest absolute Gasteiger partial charge is 0.305 e. The lowest BCUT2D eigenvalue weighted by atomic mass is 10.1. The number of carbonyl (C=O) groups is 1. The van der Waals surface area contributed by atoms with Gasteiger partial charge in [0.1, 0.15) is 11.4 Å². The fourth-order valence-corrected chi connectivity index (χ4v) is 3.32. The number of benzene rings is 1. The van der Waals surface area contributed by atoms with Crippen LogP contribution in [0, 0.1) is 11.3 Å². The van der Waals surface area contributed by atoms with Crippen LogP contribution in [0.3, 0.4) is 0 Å². The predicted molar refractivity (Wildman–Crippen MR) is 98.5 cm³/mol. The minimum atomic E-state index is -0.743. The van der Waals surface area contributed by atoms with Crippen molar-refractivity contribution in [2.75, 3.05) is 27.2 Å². The number of hydrogen-bond acceptors (Lipinski definition) is 6. The number of likely N-dealkylation sites (N-methyl/N-ethyl adjacent to an activating group) is 1. The monoisotopic (exact) mass is 350 g/mol. The fraction of sp³-hybridized carbons (Fsp3) is 0.471. The van der Waals surface area contributed by atoms with Gasteiger partial charge in [-0.2, -0.15) is 5.26 Å². The van der Waals surface area contributed by atoms with Crippen LogP contribution >= 0.6 is 24.0 Å². The van der Waals surface area contributed by atoms with Crippen LogP contribution in [0.4, 0.5) is 0 Å². The molecule has 6 heteroatoms. The molecule has 0 fully saturated rings. The third-order valence-electron chi connectivity index (χ3n) is 3.17. The van der Waals surface area contributed by atoms with Crippen molar-refractivity contribution in [1.29, 1.82) is 5.26 Å². The molecule has 1 unspecified atom stereocenters. The Morgan fingerprint density at radius 2 is 2.04 bits per heavy atom. The van der Waals surface area contributed by atoms with E-state index in [0.29, 0.717) is 23.8 Å². The third kappa shape index (κ3) is 7.60. The maximum Gasteiger partial charge on any atom is 0.305 e. The van der Waals surface area contributed by atoms with Gasteiger partial charge in [0.25, 0.3) is 0 Å². The van der Waals surface area contributed by atoms with Crippen molar-refractivity contribution in [3.05, 3.63) is 35.9 Å². The molecule has 1 atom stereocenters. The first-order chi connectivity index (χ1) is 10.9. The van der Waals surface area contributed by atoms with Crippen molar-refractivity contribution in [1.82, 2.24) is 4.90 Å². The molecule has 0 aliphatic carbocycles. The maximum absolute atomic E-state index is 11.8. The van der Waals surface area contributed by atoms with Gasteiger partial charge in [0.05, 0.1) is 10.3 Å². The number of thiocarbonyl (C=S) groups is 1. The zero-order chi connectivity index (χ0) is 17.3. The van der Waals surface area contributed by atoms with Gasteiger partial charge in [-0.3, -0.25) is 4.79 Å². The summed E-state index contributed by atoms with van der Waals surface area (Å²) in [6, 6.07) is 11.8. The first-order valence-electron chi connectivity index (χ1n) is 7.36. The third-order valence-corrected chi connectivity index (χ3v) is 4.82. The molecule has 1 aromatic carbocycles. The SMILES string of the molecule is CN(C)CCOC(=O)CCC(C)(C#N)SC(=S)c1ccccc1. The standard InChI is InChI=1S/C17H22N2O2S2/c1-17(13-18,10-9-15(20)21-12-11-19(2)3)23-16(22)14-7-5-4-6-8-14/h4-8H,9-12H2,1-3H3. The Kier molecular flexibility index (Phi) is 8.24. The van der Waals surface area contributed by atoms with Crippen LogP contribution < -0.4 is 0 Å². The number of ether oxygens (including phenoxy) is 1. The topological polar surface area (TPSA) is 53.3 Å². The zero-order valence-corrected chi connectivity index (χ0v) is 15.4. The molecule has 0 heterocycles. The highest BCUT2D eigenvalue weighted by Gasteiger charge is 2.28. The van der Waals surface area contributed by atoms with Crippen LogP contribution in [0.2, 0.25) is 0 Å². The summed E-state index contributed by atoms with van der Waals surface area (Å²) in [5.41, 5.74) is 0.919. The van der Waals surface area contributed by atoms with Crippen molar-refractivity contribution in [2.24, 2.45) is 0 Å². The Balaban J connectivity index is 2.49. The number of thioether (sulfide) groups is 1. The summed E-state index contributed by atoms with van der Waals surface area (Å²) in [4.78, 5) is 13.7. The molecule has 1 aromatic rings. The van der Waals surface area contributed by atoms with Crippen molar-refractivity contribution < 1.29 is 9.53 Å². The van der Waals surface area contributed by atoms with Gasteiger partial charge in [-0.1, -0.05) is 54.3 Å². The normalized spacial score (nSPS) is 13.2. The van der Waals surface area contributed by atoms with Gasteiger partial charge in [0, 0.05) is 13.0 Å².